The van der Waals surface area contributed by atoms with E-state index in [2.05, 4.69) is 5.32 Å². The number of furan rings is 1. The lowest BCUT2D eigenvalue weighted by molar-refractivity contribution is -0.141. The Hall–Kier alpha value is -3.54. The second-order valence-corrected chi connectivity index (χ2v) is 7.62. The van der Waals surface area contributed by atoms with Gasteiger partial charge in [-0.05, 0) is 41.8 Å². The molecule has 6 nitrogen and oxygen atoms in total. The van der Waals surface area contributed by atoms with Crippen LogP contribution in [-0.4, -0.2) is 29.9 Å². The van der Waals surface area contributed by atoms with Gasteiger partial charge in [0.2, 0.25) is 11.8 Å². The van der Waals surface area contributed by atoms with Crippen molar-refractivity contribution in [3.05, 3.63) is 89.9 Å². The Labute approximate surface area is 189 Å². The number of nitrogens with zero attached hydrogens (tertiary/aromatic N) is 1. The Kier molecular flexibility index (Phi) is 8.49. The molecular weight excluding hydrogens is 404 g/mol. The Balaban J connectivity index is 1.86. The quantitative estimate of drug-likeness (QED) is 0.487. The molecular formula is C26H30N2O4. The molecule has 0 fully saturated rings. The highest BCUT2D eigenvalue weighted by molar-refractivity contribution is 5.88. The van der Waals surface area contributed by atoms with Crippen molar-refractivity contribution in [2.24, 2.45) is 0 Å². The minimum atomic E-state index is -0.645. The molecule has 32 heavy (non-hydrogen) atoms. The van der Waals surface area contributed by atoms with Gasteiger partial charge in [0.25, 0.3) is 0 Å². The first kappa shape index (κ1) is 23.1. The summed E-state index contributed by atoms with van der Waals surface area (Å²) >= 11 is 0. The number of ether oxygens (including phenoxy) is 1. The molecule has 1 heterocycles. The third-order valence-electron chi connectivity index (χ3n) is 5.26. The summed E-state index contributed by atoms with van der Waals surface area (Å²) in [5, 5.41) is 2.94. The fourth-order valence-electron chi connectivity index (χ4n) is 3.54. The third kappa shape index (κ3) is 6.48. The van der Waals surface area contributed by atoms with E-state index in [1.807, 2.05) is 67.6 Å². The van der Waals surface area contributed by atoms with Gasteiger partial charge in [-0.15, -0.1) is 0 Å². The van der Waals surface area contributed by atoms with Crippen molar-refractivity contribution in [3.63, 3.8) is 0 Å². The van der Waals surface area contributed by atoms with Crippen LogP contribution in [0, 0.1) is 0 Å². The lowest BCUT2D eigenvalue weighted by atomic mass is 10.0. The molecule has 6 heteroatoms. The number of benzene rings is 2. The topological polar surface area (TPSA) is 71.8 Å². The monoisotopic (exact) mass is 434 g/mol. The molecule has 0 saturated heterocycles. The summed E-state index contributed by atoms with van der Waals surface area (Å²) < 4.78 is 10.6. The summed E-state index contributed by atoms with van der Waals surface area (Å²) in [4.78, 5) is 28.1. The molecule has 1 atom stereocenters. The van der Waals surface area contributed by atoms with Crippen molar-refractivity contribution in [3.8, 4) is 5.75 Å². The predicted octanol–water partition coefficient (Wildman–Crippen LogP) is 4.34. The number of carbonyl (C=O) groups excluding carboxylic acids is 2. The Bertz CT molecular complexity index is 969. The van der Waals surface area contributed by atoms with Crippen LogP contribution in [0.2, 0.25) is 0 Å². The maximum Gasteiger partial charge on any atom is 0.243 e. The SMILES string of the molecule is CCCC(=O)N(Cc1ccc(OC)cc1)[C@H](Cc1ccccc1)C(=O)NCc1ccco1. The summed E-state index contributed by atoms with van der Waals surface area (Å²) in [7, 11) is 1.62. The van der Waals surface area contributed by atoms with E-state index in [1.54, 1.807) is 24.3 Å². The zero-order valence-electron chi connectivity index (χ0n) is 18.6. The highest BCUT2D eigenvalue weighted by Crippen LogP contribution is 2.18. The summed E-state index contributed by atoms with van der Waals surface area (Å²) in [6, 6.07) is 20.3. The largest absolute Gasteiger partial charge is 0.497 e. The molecule has 0 saturated carbocycles. The van der Waals surface area contributed by atoms with Gasteiger partial charge < -0.3 is 19.4 Å². The molecule has 2 amide bonds. The first-order valence-electron chi connectivity index (χ1n) is 10.9. The van der Waals surface area contributed by atoms with Gasteiger partial charge in [-0.2, -0.15) is 0 Å². The van der Waals surface area contributed by atoms with E-state index in [0.717, 1.165) is 16.9 Å². The van der Waals surface area contributed by atoms with E-state index in [4.69, 9.17) is 9.15 Å². The van der Waals surface area contributed by atoms with Crippen molar-refractivity contribution in [2.45, 2.75) is 45.3 Å². The minimum absolute atomic E-state index is 0.0441. The fourth-order valence-corrected chi connectivity index (χ4v) is 3.54. The third-order valence-corrected chi connectivity index (χ3v) is 5.26. The van der Waals surface area contributed by atoms with Gasteiger partial charge >= 0.3 is 0 Å². The maximum atomic E-state index is 13.3. The van der Waals surface area contributed by atoms with Gasteiger partial charge in [-0.3, -0.25) is 9.59 Å². The predicted molar refractivity (Wildman–Crippen MR) is 123 cm³/mol. The summed E-state index contributed by atoms with van der Waals surface area (Å²) in [5.74, 6) is 1.16. The number of hydrogen-bond donors (Lipinski definition) is 1. The van der Waals surface area contributed by atoms with Gasteiger partial charge in [-0.25, -0.2) is 0 Å². The van der Waals surface area contributed by atoms with Gasteiger partial charge in [0.05, 0.1) is 19.9 Å². The van der Waals surface area contributed by atoms with Crippen molar-refractivity contribution in [2.75, 3.05) is 7.11 Å². The van der Waals surface area contributed by atoms with E-state index >= 15 is 0 Å². The van der Waals surface area contributed by atoms with Crippen molar-refractivity contribution >= 4 is 11.8 Å². The Morgan fingerprint density at radius 3 is 2.38 bits per heavy atom. The molecule has 0 radical (unpaired) electrons. The molecule has 1 aromatic heterocycles. The van der Waals surface area contributed by atoms with E-state index in [9.17, 15) is 9.59 Å². The molecule has 0 spiro atoms. The van der Waals surface area contributed by atoms with Crippen LogP contribution in [0.4, 0.5) is 0 Å². The molecule has 168 valence electrons. The van der Waals surface area contributed by atoms with Gasteiger partial charge in [0.1, 0.15) is 17.6 Å². The van der Waals surface area contributed by atoms with Crippen LogP contribution in [0.3, 0.4) is 0 Å². The number of amides is 2. The molecule has 1 N–H and O–H groups in total. The van der Waals surface area contributed by atoms with Gasteiger partial charge in [-0.1, -0.05) is 49.4 Å². The van der Waals surface area contributed by atoms with Crippen LogP contribution in [0.5, 0.6) is 5.75 Å². The number of carbonyl (C=O) groups is 2. The lowest BCUT2D eigenvalue weighted by Gasteiger charge is -2.31. The molecule has 3 aromatic rings. The molecule has 3 rings (SSSR count). The van der Waals surface area contributed by atoms with E-state index in [-0.39, 0.29) is 18.4 Å². The Morgan fingerprint density at radius 1 is 1.00 bits per heavy atom. The normalized spacial score (nSPS) is 11.6. The smallest absolute Gasteiger partial charge is 0.243 e. The molecule has 0 aliphatic heterocycles. The van der Waals surface area contributed by atoms with Crippen LogP contribution < -0.4 is 10.1 Å². The standard InChI is InChI=1S/C26H30N2O4/c1-3-8-25(29)28(19-21-12-14-22(31-2)15-13-21)24(17-20-9-5-4-6-10-20)26(30)27-18-23-11-7-16-32-23/h4-7,9-16,24H,3,8,17-19H2,1-2H3,(H,27,30)/t24-/m1/s1. The van der Waals surface area contributed by atoms with Crippen molar-refractivity contribution < 1.29 is 18.7 Å². The zero-order chi connectivity index (χ0) is 22.8. The summed E-state index contributed by atoms with van der Waals surface area (Å²) in [6.07, 6.45) is 3.09. The Morgan fingerprint density at radius 2 is 1.75 bits per heavy atom. The first-order valence-corrected chi connectivity index (χ1v) is 10.9. The van der Waals surface area contributed by atoms with Crippen LogP contribution in [0.15, 0.2) is 77.4 Å². The van der Waals surface area contributed by atoms with Crippen LogP contribution in [-0.2, 0) is 29.1 Å². The average Bonchev–Trinajstić information content (AvgIpc) is 3.35. The van der Waals surface area contributed by atoms with Gasteiger partial charge in [0, 0.05) is 19.4 Å². The lowest BCUT2D eigenvalue weighted by Crippen LogP contribution is -2.50. The minimum Gasteiger partial charge on any atom is -0.497 e. The second kappa shape index (κ2) is 11.7. The van der Waals surface area contributed by atoms with Crippen LogP contribution >= 0.6 is 0 Å². The van der Waals surface area contributed by atoms with Crippen LogP contribution in [0.1, 0.15) is 36.7 Å². The van der Waals surface area contributed by atoms with Crippen LogP contribution in [0.25, 0.3) is 0 Å². The molecule has 0 unspecified atom stereocenters. The maximum absolute atomic E-state index is 13.3. The fraction of sp³-hybridized carbons (Fsp3) is 0.308. The van der Waals surface area contributed by atoms with Crippen molar-refractivity contribution in [1.82, 2.24) is 10.2 Å². The molecule has 0 bridgehead atoms. The van der Waals surface area contributed by atoms with E-state index < -0.39 is 6.04 Å². The first-order chi connectivity index (χ1) is 15.6. The van der Waals surface area contributed by atoms with E-state index in [0.29, 0.717) is 31.6 Å². The average molecular weight is 435 g/mol. The highest BCUT2D eigenvalue weighted by atomic mass is 16.5. The van der Waals surface area contributed by atoms with E-state index in [1.165, 1.54) is 0 Å². The second-order valence-electron chi connectivity index (χ2n) is 7.62. The molecule has 0 aliphatic rings. The van der Waals surface area contributed by atoms with Crippen molar-refractivity contribution in [1.29, 1.82) is 0 Å². The zero-order valence-corrected chi connectivity index (χ0v) is 18.6. The summed E-state index contributed by atoms with van der Waals surface area (Å²) in [6.45, 7) is 2.58. The number of hydrogen-bond acceptors (Lipinski definition) is 4. The molecule has 2 aromatic carbocycles. The number of nitrogens with one attached hydrogen (secondary N) is 1. The summed E-state index contributed by atoms with van der Waals surface area (Å²) in [5.41, 5.74) is 1.93. The highest BCUT2D eigenvalue weighted by Gasteiger charge is 2.30. The number of methoxy groups -OCH3 is 1. The van der Waals surface area contributed by atoms with Gasteiger partial charge in [0.15, 0.2) is 0 Å². The number of rotatable bonds is 11. The molecule has 0 aliphatic carbocycles.